The monoisotopic (exact) mass is 429 g/mol. The van der Waals surface area contributed by atoms with E-state index in [2.05, 4.69) is 0 Å². The highest BCUT2D eigenvalue weighted by Crippen LogP contribution is 2.45. The molecule has 0 saturated heterocycles. The number of fused-ring (bicyclic) bond motifs is 1. The quantitative estimate of drug-likeness (QED) is 0.677. The number of halogens is 2. The molecule has 1 aliphatic heterocycles. The number of hydrogen-bond acceptors (Lipinski definition) is 5. The van der Waals surface area contributed by atoms with E-state index >= 15 is 0 Å². The van der Waals surface area contributed by atoms with Gasteiger partial charge in [0.2, 0.25) is 0 Å². The molecule has 0 saturated carbocycles. The number of esters is 1. The fraction of sp³-hybridized carbons (Fsp3) is 0.278. The van der Waals surface area contributed by atoms with Crippen LogP contribution in [0.15, 0.2) is 41.3 Å². The molecule has 1 atom stereocenters. The molecular formula is C18H17Cl2NO5S. The van der Waals surface area contributed by atoms with Gasteiger partial charge in [-0.3, -0.25) is 4.31 Å². The molecule has 27 heavy (non-hydrogen) atoms. The predicted octanol–water partition coefficient (Wildman–Crippen LogP) is 3.69. The van der Waals surface area contributed by atoms with Gasteiger partial charge in [-0.1, -0.05) is 41.4 Å². The highest BCUT2D eigenvalue weighted by molar-refractivity contribution is 7.92. The van der Waals surface area contributed by atoms with Crippen molar-refractivity contribution in [2.24, 2.45) is 0 Å². The first-order valence-corrected chi connectivity index (χ1v) is 10.3. The molecule has 0 aliphatic carbocycles. The molecule has 1 heterocycles. The summed E-state index contributed by atoms with van der Waals surface area (Å²) in [5.74, 6) is -0.483. The van der Waals surface area contributed by atoms with Gasteiger partial charge in [-0.05, 0) is 25.1 Å². The van der Waals surface area contributed by atoms with Gasteiger partial charge >= 0.3 is 5.97 Å². The Morgan fingerprint density at radius 1 is 1.30 bits per heavy atom. The van der Waals surface area contributed by atoms with Crippen molar-refractivity contribution >= 4 is 44.9 Å². The summed E-state index contributed by atoms with van der Waals surface area (Å²) in [6.07, 6.45) is -0.936. The lowest BCUT2D eigenvalue weighted by Gasteiger charge is -2.21. The Hall–Kier alpha value is -1.96. The second kappa shape index (κ2) is 7.58. The average Bonchev–Trinajstić information content (AvgIpc) is 3.10. The predicted molar refractivity (Wildman–Crippen MR) is 103 cm³/mol. The minimum atomic E-state index is -3.96. The van der Waals surface area contributed by atoms with E-state index in [4.69, 9.17) is 32.7 Å². The van der Waals surface area contributed by atoms with Crippen molar-refractivity contribution in [1.29, 1.82) is 0 Å². The Morgan fingerprint density at radius 2 is 1.96 bits per heavy atom. The van der Waals surface area contributed by atoms with E-state index in [0.29, 0.717) is 11.3 Å². The van der Waals surface area contributed by atoms with Gasteiger partial charge < -0.3 is 9.47 Å². The summed E-state index contributed by atoms with van der Waals surface area (Å²) in [5.41, 5.74) is 0.795. The second-order valence-electron chi connectivity index (χ2n) is 5.85. The van der Waals surface area contributed by atoms with Gasteiger partial charge in [-0.2, -0.15) is 0 Å². The molecule has 0 N–H and O–H groups in total. The van der Waals surface area contributed by atoms with Crippen LogP contribution in [0.1, 0.15) is 12.5 Å². The van der Waals surface area contributed by atoms with Crippen molar-refractivity contribution in [2.45, 2.75) is 24.3 Å². The fourth-order valence-electron chi connectivity index (χ4n) is 2.82. The van der Waals surface area contributed by atoms with E-state index in [1.165, 1.54) is 13.1 Å². The summed E-state index contributed by atoms with van der Waals surface area (Å²) >= 11 is 12.3. The molecule has 9 heteroatoms. The van der Waals surface area contributed by atoms with Gasteiger partial charge in [0.25, 0.3) is 10.0 Å². The summed E-state index contributed by atoms with van der Waals surface area (Å²) in [6.45, 7) is 1.86. The van der Waals surface area contributed by atoms with Crippen LogP contribution < -0.4 is 9.04 Å². The van der Waals surface area contributed by atoms with Crippen LogP contribution in [0.2, 0.25) is 10.0 Å². The van der Waals surface area contributed by atoms with Crippen LogP contribution >= 0.6 is 23.2 Å². The van der Waals surface area contributed by atoms with E-state index in [1.807, 2.05) is 0 Å². The molecule has 0 fully saturated rings. The minimum absolute atomic E-state index is 0.0277. The molecule has 1 unspecified atom stereocenters. The van der Waals surface area contributed by atoms with Crippen molar-refractivity contribution < 1.29 is 22.7 Å². The van der Waals surface area contributed by atoms with Gasteiger partial charge in [-0.25, -0.2) is 13.2 Å². The van der Waals surface area contributed by atoms with Crippen molar-refractivity contribution in [1.82, 2.24) is 0 Å². The van der Waals surface area contributed by atoms with E-state index in [9.17, 15) is 13.2 Å². The zero-order valence-corrected chi connectivity index (χ0v) is 16.9. The van der Waals surface area contributed by atoms with Crippen LogP contribution in [0, 0.1) is 0 Å². The zero-order valence-electron chi connectivity index (χ0n) is 14.6. The number of benzene rings is 2. The fourth-order valence-corrected chi connectivity index (χ4v) is 4.75. The lowest BCUT2D eigenvalue weighted by Crippen LogP contribution is -2.29. The molecule has 0 amide bonds. The van der Waals surface area contributed by atoms with Gasteiger partial charge in [0, 0.05) is 19.0 Å². The highest BCUT2D eigenvalue weighted by Gasteiger charge is 2.38. The molecule has 0 radical (unpaired) electrons. The van der Waals surface area contributed by atoms with Crippen LogP contribution in [-0.4, -0.2) is 34.1 Å². The lowest BCUT2D eigenvalue weighted by molar-refractivity contribution is -0.150. The van der Waals surface area contributed by atoms with Crippen molar-refractivity contribution in [3.05, 3.63) is 52.0 Å². The SMILES string of the molecule is CCOC(=O)C1Cc2c(S(=O)(=O)N(C)c3ccccc3)cc(Cl)c(Cl)c2O1. The van der Waals surface area contributed by atoms with E-state index in [1.54, 1.807) is 37.3 Å². The standard InChI is InChI=1S/C18H17Cl2NO5S/c1-3-25-18(22)14-9-12-15(10-13(19)16(20)17(12)26-14)27(23,24)21(2)11-7-5-4-6-8-11/h4-8,10,14H,3,9H2,1-2H3. The molecular weight excluding hydrogens is 413 g/mol. The highest BCUT2D eigenvalue weighted by atomic mass is 35.5. The number of sulfonamides is 1. The number of anilines is 1. The van der Waals surface area contributed by atoms with Gasteiger partial charge in [0.15, 0.2) is 6.10 Å². The Bertz CT molecular complexity index is 979. The molecule has 6 nitrogen and oxygen atoms in total. The first-order valence-electron chi connectivity index (χ1n) is 8.15. The summed E-state index contributed by atoms with van der Waals surface area (Å²) < 4.78 is 38.1. The zero-order chi connectivity index (χ0) is 19.8. The Balaban J connectivity index is 2.07. The van der Waals surface area contributed by atoms with Crippen LogP contribution in [-0.2, 0) is 26.0 Å². The Kier molecular flexibility index (Phi) is 5.55. The topological polar surface area (TPSA) is 72.9 Å². The molecule has 2 aromatic rings. The lowest BCUT2D eigenvalue weighted by atomic mass is 10.1. The third-order valence-corrected chi connectivity index (χ3v) is 6.82. The first kappa shape index (κ1) is 19.8. The van der Waals surface area contributed by atoms with Gasteiger partial charge in [0.05, 0.1) is 22.2 Å². The maximum Gasteiger partial charge on any atom is 0.347 e. The summed E-state index contributed by atoms with van der Waals surface area (Å²) in [4.78, 5) is 12.0. The van der Waals surface area contributed by atoms with Gasteiger partial charge in [-0.15, -0.1) is 0 Å². The Labute approximate surface area is 167 Å². The minimum Gasteiger partial charge on any atom is -0.476 e. The van der Waals surface area contributed by atoms with Crippen LogP contribution in [0.3, 0.4) is 0 Å². The largest absolute Gasteiger partial charge is 0.476 e. The number of nitrogens with zero attached hydrogens (tertiary/aromatic N) is 1. The number of hydrogen-bond donors (Lipinski definition) is 0. The second-order valence-corrected chi connectivity index (χ2v) is 8.57. The number of ether oxygens (including phenoxy) is 2. The number of para-hydroxylation sites is 1. The third-order valence-electron chi connectivity index (χ3n) is 4.20. The van der Waals surface area contributed by atoms with E-state index in [-0.39, 0.29) is 33.7 Å². The number of carbonyl (C=O) groups excluding carboxylic acids is 1. The van der Waals surface area contributed by atoms with E-state index < -0.39 is 22.1 Å². The van der Waals surface area contributed by atoms with Crippen LogP contribution in [0.5, 0.6) is 5.75 Å². The normalized spacial score (nSPS) is 15.8. The van der Waals surface area contributed by atoms with Crippen molar-refractivity contribution in [3.8, 4) is 5.75 Å². The molecule has 2 aromatic carbocycles. The first-order chi connectivity index (χ1) is 12.8. The molecule has 0 spiro atoms. The molecule has 1 aliphatic rings. The number of rotatable bonds is 5. The smallest absolute Gasteiger partial charge is 0.347 e. The number of carbonyl (C=O) groups is 1. The molecule has 3 rings (SSSR count). The maximum atomic E-state index is 13.2. The molecule has 0 bridgehead atoms. The summed E-state index contributed by atoms with van der Waals surface area (Å²) in [6, 6.07) is 9.90. The van der Waals surface area contributed by atoms with Crippen LogP contribution in [0.25, 0.3) is 0 Å². The Morgan fingerprint density at radius 3 is 2.59 bits per heavy atom. The summed E-state index contributed by atoms with van der Waals surface area (Å²) in [7, 11) is -2.52. The summed E-state index contributed by atoms with van der Waals surface area (Å²) in [5, 5.41) is 0.0970. The third kappa shape index (κ3) is 3.59. The van der Waals surface area contributed by atoms with E-state index in [0.717, 1.165) is 4.31 Å². The van der Waals surface area contributed by atoms with Crippen molar-refractivity contribution in [3.63, 3.8) is 0 Å². The van der Waals surface area contributed by atoms with Gasteiger partial charge in [0.1, 0.15) is 10.8 Å². The molecule has 144 valence electrons. The van der Waals surface area contributed by atoms with Crippen molar-refractivity contribution in [2.75, 3.05) is 18.0 Å². The maximum absolute atomic E-state index is 13.2. The van der Waals surface area contributed by atoms with Crippen LogP contribution in [0.4, 0.5) is 5.69 Å². The average molecular weight is 430 g/mol. The molecule has 0 aromatic heterocycles.